The summed E-state index contributed by atoms with van der Waals surface area (Å²) in [5.74, 6) is -2.28. The molecule has 1 fully saturated rings. The molecule has 2 unspecified atom stereocenters. The number of halogens is 2. The average molecular weight is 343 g/mol. The topological polar surface area (TPSA) is 69.2 Å². The Morgan fingerprint density at radius 1 is 1.20 bits per heavy atom. The van der Waals surface area contributed by atoms with Crippen LogP contribution in [-0.4, -0.2) is 38.8 Å². The second-order valence-electron chi connectivity index (χ2n) is 6.15. The Labute approximate surface area is 141 Å². The first kappa shape index (κ1) is 15.7. The Balaban J connectivity index is 1.72. The van der Waals surface area contributed by atoms with E-state index in [2.05, 4.69) is 10.2 Å². The van der Waals surface area contributed by atoms with E-state index in [4.69, 9.17) is 0 Å². The van der Waals surface area contributed by atoms with Crippen LogP contribution in [0.25, 0.3) is 10.9 Å². The largest absolute Gasteiger partial charge is 0.391 e. The molecule has 2 heterocycles. The molecule has 0 aliphatic carbocycles. The van der Waals surface area contributed by atoms with E-state index >= 15 is 0 Å². The van der Waals surface area contributed by atoms with Crippen LogP contribution in [-0.2, 0) is 0 Å². The molecular formula is C18H15F2N3O2. The number of aliphatic hydroxyl groups is 1. The number of amides is 1. The van der Waals surface area contributed by atoms with Crippen molar-refractivity contribution < 1.29 is 18.7 Å². The van der Waals surface area contributed by atoms with E-state index in [0.717, 1.165) is 17.6 Å². The third-order valence-corrected chi connectivity index (χ3v) is 4.54. The Morgan fingerprint density at radius 2 is 2.00 bits per heavy atom. The number of benzene rings is 2. The molecule has 0 radical (unpaired) electrons. The molecule has 128 valence electrons. The summed E-state index contributed by atoms with van der Waals surface area (Å²) in [6.45, 7) is 0.115. The third-order valence-electron chi connectivity index (χ3n) is 4.54. The van der Waals surface area contributed by atoms with Gasteiger partial charge in [-0.1, -0.05) is 24.3 Å². The van der Waals surface area contributed by atoms with Crippen molar-refractivity contribution in [2.24, 2.45) is 0 Å². The van der Waals surface area contributed by atoms with Gasteiger partial charge in [-0.25, -0.2) is 8.78 Å². The molecule has 2 atom stereocenters. The number of hydrogen-bond donors (Lipinski definition) is 2. The van der Waals surface area contributed by atoms with Crippen LogP contribution in [0.15, 0.2) is 42.5 Å². The number of nitrogens with zero attached hydrogens (tertiary/aromatic N) is 2. The molecule has 1 aliphatic rings. The van der Waals surface area contributed by atoms with Gasteiger partial charge in [-0.05, 0) is 30.2 Å². The molecule has 2 aromatic carbocycles. The van der Waals surface area contributed by atoms with Crippen molar-refractivity contribution in [2.75, 3.05) is 6.54 Å². The summed E-state index contributed by atoms with van der Waals surface area (Å²) in [6.07, 6.45) is -0.466. The van der Waals surface area contributed by atoms with Crippen molar-refractivity contribution in [1.29, 1.82) is 0 Å². The van der Waals surface area contributed by atoms with Gasteiger partial charge in [-0.3, -0.25) is 9.89 Å². The molecule has 4 rings (SSSR count). The highest BCUT2D eigenvalue weighted by Gasteiger charge is 2.37. The van der Waals surface area contributed by atoms with Crippen LogP contribution in [0.4, 0.5) is 8.78 Å². The van der Waals surface area contributed by atoms with Gasteiger partial charge < -0.3 is 10.0 Å². The maximum atomic E-state index is 13.6. The maximum absolute atomic E-state index is 13.6. The second-order valence-corrected chi connectivity index (χ2v) is 6.15. The van der Waals surface area contributed by atoms with Crippen molar-refractivity contribution in [3.8, 4) is 0 Å². The number of nitrogens with one attached hydrogen (secondary N) is 1. The van der Waals surface area contributed by atoms with E-state index in [-0.39, 0.29) is 24.6 Å². The highest BCUT2D eigenvalue weighted by atomic mass is 19.2. The van der Waals surface area contributed by atoms with Crippen molar-refractivity contribution in [1.82, 2.24) is 15.1 Å². The van der Waals surface area contributed by atoms with Crippen LogP contribution in [0.3, 0.4) is 0 Å². The van der Waals surface area contributed by atoms with Gasteiger partial charge in [0.25, 0.3) is 5.91 Å². The highest BCUT2D eigenvalue weighted by Crippen LogP contribution is 2.34. The van der Waals surface area contributed by atoms with E-state index < -0.39 is 23.8 Å². The van der Waals surface area contributed by atoms with Crippen molar-refractivity contribution in [3.05, 3.63) is 65.4 Å². The molecular weight excluding hydrogens is 328 g/mol. The van der Waals surface area contributed by atoms with Crippen molar-refractivity contribution in [2.45, 2.75) is 18.6 Å². The molecule has 1 saturated heterocycles. The summed E-state index contributed by atoms with van der Waals surface area (Å²) < 4.78 is 26.8. The smallest absolute Gasteiger partial charge is 0.275 e. The van der Waals surface area contributed by atoms with Crippen LogP contribution < -0.4 is 0 Å². The number of likely N-dealkylation sites (tertiary alicyclic amines) is 1. The molecule has 1 aromatic heterocycles. The zero-order chi connectivity index (χ0) is 17.6. The van der Waals surface area contributed by atoms with Gasteiger partial charge in [0, 0.05) is 11.9 Å². The Bertz CT molecular complexity index is 956. The number of carbonyl (C=O) groups is 1. The Kier molecular flexibility index (Phi) is 3.73. The SMILES string of the molecule is O=C(c1n[nH]c2ccccc12)N1CC(O)CC1c1ccc(F)c(F)c1. The number of fused-ring (bicyclic) bond motifs is 1. The average Bonchev–Trinajstić information content (AvgIpc) is 3.20. The van der Waals surface area contributed by atoms with Crippen LogP contribution in [0.5, 0.6) is 0 Å². The second kappa shape index (κ2) is 5.93. The van der Waals surface area contributed by atoms with Crippen LogP contribution >= 0.6 is 0 Å². The summed E-state index contributed by atoms with van der Waals surface area (Å²) in [5.41, 5.74) is 1.43. The number of H-pyrrole nitrogens is 1. The third kappa shape index (κ3) is 2.66. The van der Waals surface area contributed by atoms with E-state index in [1.165, 1.54) is 11.0 Å². The summed E-state index contributed by atoms with van der Waals surface area (Å²) in [6, 6.07) is 10.2. The molecule has 2 N–H and O–H groups in total. The molecule has 3 aromatic rings. The van der Waals surface area contributed by atoms with Crippen LogP contribution in [0.1, 0.15) is 28.5 Å². The molecule has 0 saturated carbocycles. The lowest BCUT2D eigenvalue weighted by Gasteiger charge is -2.24. The molecule has 1 aliphatic heterocycles. The Morgan fingerprint density at radius 3 is 2.80 bits per heavy atom. The normalized spacial score (nSPS) is 20.4. The number of para-hydroxylation sites is 1. The van der Waals surface area contributed by atoms with Crippen LogP contribution in [0.2, 0.25) is 0 Å². The van der Waals surface area contributed by atoms with Gasteiger partial charge >= 0.3 is 0 Å². The van der Waals surface area contributed by atoms with Gasteiger partial charge in [0.2, 0.25) is 0 Å². The summed E-state index contributed by atoms with van der Waals surface area (Å²) in [7, 11) is 0. The van der Waals surface area contributed by atoms with E-state index in [1.54, 1.807) is 12.1 Å². The lowest BCUT2D eigenvalue weighted by Crippen LogP contribution is -2.32. The minimum absolute atomic E-state index is 0.115. The number of aromatic amines is 1. The summed E-state index contributed by atoms with van der Waals surface area (Å²) >= 11 is 0. The highest BCUT2D eigenvalue weighted by molar-refractivity contribution is 6.04. The van der Waals surface area contributed by atoms with Gasteiger partial charge in [0.15, 0.2) is 17.3 Å². The van der Waals surface area contributed by atoms with E-state index in [0.29, 0.717) is 10.9 Å². The van der Waals surface area contributed by atoms with Gasteiger partial charge in [0.1, 0.15) is 0 Å². The fraction of sp³-hybridized carbons (Fsp3) is 0.222. The summed E-state index contributed by atoms with van der Waals surface area (Å²) in [4.78, 5) is 14.4. The van der Waals surface area contributed by atoms with E-state index in [9.17, 15) is 18.7 Å². The fourth-order valence-corrected chi connectivity index (χ4v) is 3.34. The lowest BCUT2D eigenvalue weighted by atomic mass is 10.0. The number of aromatic nitrogens is 2. The molecule has 0 spiro atoms. The number of β-amino-alcohol motifs (C(OH)–C–C–N with tert-alkyl or cyclic N) is 1. The van der Waals surface area contributed by atoms with Gasteiger partial charge in [0.05, 0.1) is 17.7 Å². The van der Waals surface area contributed by atoms with Crippen molar-refractivity contribution >= 4 is 16.8 Å². The Hall–Kier alpha value is -2.80. The summed E-state index contributed by atoms with van der Waals surface area (Å²) in [5, 5.41) is 17.6. The predicted molar refractivity (Wildman–Crippen MR) is 86.9 cm³/mol. The number of aliphatic hydroxyl groups excluding tert-OH is 1. The van der Waals surface area contributed by atoms with Crippen molar-refractivity contribution in [3.63, 3.8) is 0 Å². The van der Waals surface area contributed by atoms with Crippen LogP contribution in [0, 0.1) is 11.6 Å². The minimum Gasteiger partial charge on any atom is -0.391 e. The van der Waals surface area contributed by atoms with Gasteiger partial charge in [-0.2, -0.15) is 5.10 Å². The molecule has 5 nitrogen and oxygen atoms in total. The molecule has 1 amide bonds. The number of carbonyl (C=O) groups excluding carboxylic acids is 1. The standard InChI is InChI=1S/C18H15F2N3O2/c19-13-6-5-10(7-14(13)20)16-8-11(24)9-23(16)18(25)17-12-3-1-2-4-15(12)21-22-17/h1-7,11,16,24H,8-9H2,(H,21,22). The first-order valence-corrected chi connectivity index (χ1v) is 7.91. The first-order valence-electron chi connectivity index (χ1n) is 7.91. The molecule has 0 bridgehead atoms. The predicted octanol–water partition coefficient (Wildman–Crippen LogP) is 2.79. The first-order chi connectivity index (χ1) is 12.0. The number of rotatable bonds is 2. The van der Waals surface area contributed by atoms with Gasteiger partial charge in [-0.15, -0.1) is 0 Å². The minimum atomic E-state index is -0.975. The lowest BCUT2D eigenvalue weighted by molar-refractivity contribution is 0.0711. The quantitative estimate of drug-likeness (QED) is 0.752. The zero-order valence-electron chi connectivity index (χ0n) is 13.1. The number of hydrogen-bond acceptors (Lipinski definition) is 3. The maximum Gasteiger partial charge on any atom is 0.275 e. The molecule has 7 heteroatoms. The zero-order valence-corrected chi connectivity index (χ0v) is 13.1. The monoisotopic (exact) mass is 343 g/mol. The van der Waals surface area contributed by atoms with E-state index in [1.807, 2.05) is 12.1 Å². The molecule has 25 heavy (non-hydrogen) atoms. The fourth-order valence-electron chi connectivity index (χ4n) is 3.34.